The van der Waals surface area contributed by atoms with E-state index in [-0.39, 0.29) is 11.1 Å². The van der Waals surface area contributed by atoms with Crippen LogP contribution in [0.25, 0.3) is 10.8 Å². The second kappa shape index (κ2) is 6.38. The van der Waals surface area contributed by atoms with E-state index in [1.165, 1.54) is 0 Å². The molecular formula is C20H12BrNO4. The molecule has 0 unspecified atom stereocenters. The van der Waals surface area contributed by atoms with Gasteiger partial charge in [-0.05, 0) is 29.7 Å². The molecule has 128 valence electrons. The molecule has 4 rings (SSSR count). The molecule has 26 heavy (non-hydrogen) atoms. The number of amides is 2. The zero-order valence-electron chi connectivity index (χ0n) is 13.4. The number of esters is 1. The average molecular weight is 410 g/mol. The summed E-state index contributed by atoms with van der Waals surface area (Å²) >= 11 is 3.28. The first-order valence-corrected chi connectivity index (χ1v) is 8.68. The Hall–Kier alpha value is -2.99. The summed E-state index contributed by atoms with van der Waals surface area (Å²) in [6.45, 7) is -0.437. The van der Waals surface area contributed by atoms with Crippen molar-refractivity contribution in [1.29, 1.82) is 0 Å². The van der Waals surface area contributed by atoms with Crippen molar-refractivity contribution in [3.05, 3.63) is 76.3 Å². The van der Waals surface area contributed by atoms with Gasteiger partial charge in [0, 0.05) is 9.86 Å². The van der Waals surface area contributed by atoms with Crippen LogP contribution in [-0.2, 0) is 4.79 Å². The number of hydrogen-bond acceptors (Lipinski definition) is 4. The molecule has 0 saturated heterocycles. The van der Waals surface area contributed by atoms with Gasteiger partial charge in [0.15, 0.2) is 0 Å². The molecule has 3 aromatic rings. The van der Waals surface area contributed by atoms with Crippen LogP contribution in [0.1, 0.15) is 20.7 Å². The number of halogens is 1. The molecule has 0 atom stereocenters. The highest BCUT2D eigenvalue weighted by Gasteiger charge is 2.37. The normalized spacial score (nSPS) is 13.2. The van der Waals surface area contributed by atoms with Gasteiger partial charge in [-0.15, -0.1) is 0 Å². The maximum absolute atomic E-state index is 12.4. The molecule has 3 aromatic carbocycles. The molecule has 0 N–H and O–H groups in total. The number of hydrogen-bond donors (Lipinski definition) is 0. The van der Waals surface area contributed by atoms with Gasteiger partial charge in [-0.1, -0.05) is 52.3 Å². The van der Waals surface area contributed by atoms with E-state index in [0.29, 0.717) is 10.2 Å². The number of imide groups is 1. The number of ether oxygens (including phenoxy) is 1. The van der Waals surface area contributed by atoms with Crippen molar-refractivity contribution in [2.24, 2.45) is 0 Å². The monoisotopic (exact) mass is 409 g/mol. The lowest BCUT2D eigenvalue weighted by Crippen LogP contribution is -2.36. The lowest BCUT2D eigenvalue weighted by Gasteiger charge is -2.13. The maximum Gasteiger partial charge on any atom is 0.331 e. The summed E-state index contributed by atoms with van der Waals surface area (Å²) in [6, 6.07) is 17.7. The predicted octanol–water partition coefficient (Wildman–Crippen LogP) is 3.80. The van der Waals surface area contributed by atoms with Gasteiger partial charge < -0.3 is 4.74 Å². The van der Waals surface area contributed by atoms with Crippen LogP contribution in [0.2, 0.25) is 0 Å². The number of rotatable bonds is 3. The third kappa shape index (κ3) is 2.78. The first kappa shape index (κ1) is 16.5. The van der Waals surface area contributed by atoms with E-state index >= 15 is 0 Å². The number of fused-ring (bicyclic) bond motifs is 2. The van der Waals surface area contributed by atoms with Crippen LogP contribution in [0, 0.1) is 0 Å². The van der Waals surface area contributed by atoms with E-state index in [1.807, 2.05) is 30.3 Å². The van der Waals surface area contributed by atoms with Crippen molar-refractivity contribution in [3.63, 3.8) is 0 Å². The summed E-state index contributed by atoms with van der Waals surface area (Å²) in [5.74, 6) is -1.27. The quantitative estimate of drug-likeness (QED) is 0.374. The van der Waals surface area contributed by atoms with Gasteiger partial charge in [0.2, 0.25) is 0 Å². The Bertz CT molecular complexity index is 1070. The van der Waals surface area contributed by atoms with E-state index in [4.69, 9.17) is 4.74 Å². The highest BCUT2D eigenvalue weighted by atomic mass is 79.9. The molecule has 2 amide bonds. The second-order valence-electron chi connectivity index (χ2n) is 5.84. The highest BCUT2D eigenvalue weighted by Crippen LogP contribution is 2.27. The fourth-order valence-corrected chi connectivity index (χ4v) is 3.34. The molecule has 0 spiro atoms. The molecule has 1 heterocycles. The number of carbonyl (C=O) groups excluding carboxylic acids is 3. The fraction of sp³-hybridized carbons (Fsp3) is 0.0500. The van der Waals surface area contributed by atoms with Gasteiger partial charge >= 0.3 is 5.97 Å². The number of carbonyl (C=O) groups is 3. The summed E-state index contributed by atoms with van der Waals surface area (Å²) < 4.78 is 6.11. The summed E-state index contributed by atoms with van der Waals surface area (Å²) in [5, 5.41) is 1.72. The second-order valence-corrected chi connectivity index (χ2v) is 6.75. The molecular weight excluding hydrogens is 398 g/mol. The summed E-state index contributed by atoms with van der Waals surface area (Å²) in [7, 11) is 0. The minimum atomic E-state index is -0.671. The molecule has 0 aliphatic carbocycles. The van der Waals surface area contributed by atoms with Crippen LogP contribution in [0.4, 0.5) is 0 Å². The van der Waals surface area contributed by atoms with Gasteiger partial charge in [-0.25, -0.2) is 4.79 Å². The Balaban J connectivity index is 1.56. The molecule has 0 aromatic heterocycles. The third-order valence-corrected chi connectivity index (χ3v) is 4.69. The molecule has 1 aliphatic heterocycles. The van der Waals surface area contributed by atoms with Gasteiger partial charge in [-0.3, -0.25) is 14.5 Å². The van der Waals surface area contributed by atoms with Crippen LogP contribution in [0.5, 0.6) is 5.75 Å². The maximum atomic E-state index is 12.4. The zero-order valence-corrected chi connectivity index (χ0v) is 15.0. The van der Waals surface area contributed by atoms with Gasteiger partial charge in [0.1, 0.15) is 12.3 Å². The van der Waals surface area contributed by atoms with E-state index in [0.717, 1.165) is 15.7 Å². The minimum Gasteiger partial charge on any atom is -0.425 e. The molecule has 0 radical (unpaired) electrons. The van der Waals surface area contributed by atoms with Crippen LogP contribution in [-0.4, -0.2) is 29.2 Å². The lowest BCUT2D eigenvalue weighted by atomic mass is 10.1. The van der Waals surface area contributed by atoms with Crippen molar-refractivity contribution in [2.45, 2.75) is 0 Å². The van der Waals surface area contributed by atoms with E-state index in [9.17, 15) is 14.4 Å². The van der Waals surface area contributed by atoms with Gasteiger partial charge in [0.05, 0.1) is 11.1 Å². The van der Waals surface area contributed by atoms with Crippen molar-refractivity contribution < 1.29 is 19.1 Å². The van der Waals surface area contributed by atoms with E-state index < -0.39 is 24.3 Å². The summed E-state index contributed by atoms with van der Waals surface area (Å²) in [6.07, 6.45) is 0. The van der Waals surface area contributed by atoms with Gasteiger partial charge in [-0.2, -0.15) is 0 Å². The van der Waals surface area contributed by atoms with Crippen molar-refractivity contribution >= 4 is 44.5 Å². The summed E-state index contributed by atoms with van der Waals surface area (Å²) in [5.41, 5.74) is 0.568. The zero-order chi connectivity index (χ0) is 18.3. The fourth-order valence-electron chi connectivity index (χ4n) is 2.98. The first-order chi connectivity index (χ1) is 12.5. The van der Waals surface area contributed by atoms with Crippen LogP contribution in [0.3, 0.4) is 0 Å². The minimum absolute atomic E-state index is 0.280. The topological polar surface area (TPSA) is 63.7 Å². The van der Waals surface area contributed by atoms with Crippen LogP contribution in [0.15, 0.2) is 65.1 Å². The Morgan fingerprint density at radius 2 is 1.65 bits per heavy atom. The van der Waals surface area contributed by atoms with Crippen LogP contribution < -0.4 is 4.74 Å². The average Bonchev–Trinajstić information content (AvgIpc) is 2.86. The number of benzene rings is 3. The molecule has 6 heteroatoms. The highest BCUT2D eigenvalue weighted by molar-refractivity contribution is 9.10. The molecule has 0 saturated carbocycles. The van der Waals surface area contributed by atoms with E-state index in [2.05, 4.69) is 15.9 Å². The van der Waals surface area contributed by atoms with Crippen molar-refractivity contribution in [1.82, 2.24) is 4.90 Å². The van der Waals surface area contributed by atoms with Crippen molar-refractivity contribution in [3.8, 4) is 5.75 Å². The SMILES string of the molecule is O=C(CN1C(=O)c2ccc(Br)cc2C1=O)Oc1cccc2ccccc12. The van der Waals surface area contributed by atoms with Crippen LogP contribution >= 0.6 is 15.9 Å². The van der Waals surface area contributed by atoms with E-state index in [1.54, 1.807) is 30.3 Å². The molecule has 1 aliphatic rings. The molecule has 0 fully saturated rings. The molecule has 0 bridgehead atoms. The smallest absolute Gasteiger partial charge is 0.331 e. The summed E-state index contributed by atoms with van der Waals surface area (Å²) in [4.78, 5) is 38.1. The predicted molar refractivity (Wildman–Crippen MR) is 99.1 cm³/mol. The molecule has 5 nitrogen and oxygen atoms in total. The standard InChI is InChI=1S/C20H12BrNO4/c21-13-8-9-15-16(10-13)20(25)22(19(15)24)11-18(23)26-17-7-3-5-12-4-1-2-6-14(12)17/h1-10H,11H2. The van der Waals surface area contributed by atoms with Crippen molar-refractivity contribution in [2.75, 3.05) is 6.54 Å². The third-order valence-electron chi connectivity index (χ3n) is 4.19. The Morgan fingerprint density at radius 3 is 2.50 bits per heavy atom. The Kier molecular flexibility index (Phi) is 4.05. The largest absolute Gasteiger partial charge is 0.425 e. The lowest BCUT2D eigenvalue weighted by molar-refractivity contribution is -0.134. The number of nitrogens with zero attached hydrogens (tertiary/aromatic N) is 1. The Morgan fingerprint density at radius 1 is 0.923 bits per heavy atom. The van der Waals surface area contributed by atoms with Gasteiger partial charge in [0.25, 0.3) is 11.8 Å². The first-order valence-electron chi connectivity index (χ1n) is 7.89. The Labute approximate surface area is 157 Å².